The molecule has 1 saturated heterocycles. The molecule has 5 rings (SSSR count). The predicted molar refractivity (Wildman–Crippen MR) is 144 cm³/mol. The molecule has 0 amide bonds. The highest BCUT2D eigenvalue weighted by molar-refractivity contribution is 7.80. The second-order valence-electron chi connectivity index (χ2n) is 8.86. The molecule has 2 atom stereocenters. The zero-order valence-electron chi connectivity index (χ0n) is 19.7. The molecule has 0 unspecified atom stereocenters. The summed E-state index contributed by atoms with van der Waals surface area (Å²) in [6.45, 7) is 8.66. The summed E-state index contributed by atoms with van der Waals surface area (Å²) in [5.41, 5.74) is 9.16. The van der Waals surface area contributed by atoms with Gasteiger partial charge in [0.1, 0.15) is 0 Å². The highest BCUT2D eigenvalue weighted by atomic mass is 35.5. The molecule has 4 nitrogen and oxygen atoms in total. The second kappa shape index (κ2) is 8.90. The molecule has 0 spiro atoms. The van der Waals surface area contributed by atoms with Crippen LogP contribution in [0.4, 0.5) is 5.69 Å². The fourth-order valence-electron chi connectivity index (χ4n) is 5.15. The van der Waals surface area contributed by atoms with Crippen molar-refractivity contribution in [3.8, 4) is 5.69 Å². The maximum Gasteiger partial charge on any atom is 0.174 e. The first-order valence-electron chi connectivity index (χ1n) is 11.4. The third-order valence-electron chi connectivity index (χ3n) is 6.75. The van der Waals surface area contributed by atoms with E-state index < -0.39 is 0 Å². The topological polar surface area (TPSA) is 33.1 Å². The van der Waals surface area contributed by atoms with Crippen molar-refractivity contribution in [1.29, 1.82) is 0 Å². The van der Waals surface area contributed by atoms with Crippen molar-refractivity contribution >= 4 is 34.6 Å². The summed E-state index contributed by atoms with van der Waals surface area (Å²) in [6.07, 6.45) is 1.84. The van der Waals surface area contributed by atoms with Gasteiger partial charge in [0, 0.05) is 39.5 Å². The molecule has 0 radical (unpaired) electrons. The summed E-state index contributed by atoms with van der Waals surface area (Å²) < 4.78 is 2.29. The third kappa shape index (κ3) is 3.79. The van der Waals surface area contributed by atoms with Crippen LogP contribution >= 0.6 is 23.8 Å². The van der Waals surface area contributed by atoms with Crippen molar-refractivity contribution in [2.45, 2.75) is 39.8 Å². The van der Waals surface area contributed by atoms with Gasteiger partial charge in [-0.2, -0.15) is 0 Å². The smallest absolute Gasteiger partial charge is 0.174 e. The lowest BCUT2D eigenvalue weighted by molar-refractivity contribution is 0.563. The molecule has 3 heterocycles. The summed E-state index contributed by atoms with van der Waals surface area (Å²) in [6, 6.07) is 22.4. The van der Waals surface area contributed by atoms with Crippen molar-refractivity contribution in [2.24, 2.45) is 0 Å². The van der Waals surface area contributed by atoms with Gasteiger partial charge in [-0.3, -0.25) is 4.98 Å². The summed E-state index contributed by atoms with van der Waals surface area (Å²) in [5, 5.41) is 5.01. The number of aromatic nitrogens is 2. The molecule has 4 aromatic rings. The third-order valence-corrected chi connectivity index (χ3v) is 7.30. The van der Waals surface area contributed by atoms with Crippen molar-refractivity contribution < 1.29 is 0 Å². The minimum Gasteiger partial charge on any atom is -0.351 e. The first kappa shape index (κ1) is 22.6. The molecule has 2 aromatic heterocycles. The van der Waals surface area contributed by atoms with E-state index in [1.54, 1.807) is 0 Å². The highest BCUT2D eigenvalue weighted by Gasteiger charge is 2.43. The van der Waals surface area contributed by atoms with E-state index in [1.807, 2.05) is 36.5 Å². The lowest BCUT2D eigenvalue weighted by atomic mass is 9.93. The lowest BCUT2D eigenvalue weighted by Gasteiger charge is -2.29. The van der Waals surface area contributed by atoms with Crippen molar-refractivity contribution in [1.82, 2.24) is 14.9 Å². The maximum atomic E-state index is 6.36. The van der Waals surface area contributed by atoms with E-state index in [2.05, 4.69) is 78.9 Å². The van der Waals surface area contributed by atoms with Crippen LogP contribution < -0.4 is 10.2 Å². The van der Waals surface area contributed by atoms with Gasteiger partial charge in [0.2, 0.25) is 0 Å². The molecule has 34 heavy (non-hydrogen) atoms. The molecule has 172 valence electrons. The number of nitrogens with zero attached hydrogens (tertiary/aromatic N) is 3. The Hall–Kier alpha value is -3.15. The molecular formula is C28H27ClN4S. The van der Waals surface area contributed by atoms with Crippen molar-refractivity contribution in [2.75, 3.05) is 4.90 Å². The fraction of sp³-hybridized carbons (Fsp3) is 0.214. The van der Waals surface area contributed by atoms with Gasteiger partial charge in [-0.1, -0.05) is 35.9 Å². The lowest BCUT2D eigenvalue weighted by Crippen LogP contribution is -2.29. The Morgan fingerprint density at radius 1 is 0.882 bits per heavy atom. The van der Waals surface area contributed by atoms with Crippen LogP contribution in [-0.4, -0.2) is 14.7 Å². The van der Waals surface area contributed by atoms with Crippen LogP contribution in [0.2, 0.25) is 5.02 Å². The van der Waals surface area contributed by atoms with E-state index in [-0.39, 0.29) is 12.1 Å². The maximum absolute atomic E-state index is 6.36. The minimum atomic E-state index is -0.0822. The number of nitrogens with one attached hydrogen (secondary N) is 1. The van der Waals surface area contributed by atoms with Crippen LogP contribution in [0.25, 0.3) is 5.69 Å². The number of thiocarbonyl (C=S) groups is 1. The zero-order chi connectivity index (χ0) is 24.0. The van der Waals surface area contributed by atoms with Crippen LogP contribution in [0.5, 0.6) is 0 Å². The molecule has 1 aliphatic heterocycles. The molecule has 6 heteroatoms. The average Bonchev–Trinajstić information content (AvgIpc) is 3.27. The molecule has 0 bridgehead atoms. The van der Waals surface area contributed by atoms with Crippen LogP contribution in [-0.2, 0) is 0 Å². The number of halogens is 1. The molecule has 0 aliphatic carbocycles. The van der Waals surface area contributed by atoms with E-state index in [9.17, 15) is 0 Å². The van der Waals surface area contributed by atoms with Gasteiger partial charge in [0.25, 0.3) is 0 Å². The number of hydrogen-bond acceptors (Lipinski definition) is 2. The number of rotatable bonds is 4. The average molecular weight is 487 g/mol. The Kier molecular flexibility index (Phi) is 5.92. The SMILES string of the molecule is Cc1cccc(N2C(=S)N[C@H](c3ccccn3)[C@H]2c2c(C)c(C)n(-c3cccc(Cl)c3)c2C)c1. The predicted octanol–water partition coefficient (Wildman–Crippen LogP) is 6.94. The van der Waals surface area contributed by atoms with Gasteiger partial charge < -0.3 is 14.8 Å². The Morgan fingerprint density at radius 2 is 1.65 bits per heavy atom. The number of pyridine rings is 1. The van der Waals surface area contributed by atoms with Gasteiger partial charge in [0.15, 0.2) is 5.11 Å². The first-order valence-corrected chi connectivity index (χ1v) is 12.2. The number of benzene rings is 2. The number of hydrogen-bond donors (Lipinski definition) is 1. The number of anilines is 1. The summed E-state index contributed by atoms with van der Waals surface area (Å²) >= 11 is 12.3. The van der Waals surface area contributed by atoms with E-state index >= 15 is 0 Å². The summed E-state index contributed by atoms with van der Waals surface area (Å²) in [4.78, 5) is 6.95. The Balaban J connectivity index is 1.74. The minimum absolute atomic E-state index is 0.0525. The molecule has 2 aromatic carbocycles. The van der Waals surface area contributed by atoms with E-state index in [0.29, 0.717) is 5.11 Å². The molecular weight excluding hydrogens is 460 g/mol. The molecule has 1 aliphatic rings. The number of aryl methyl sites for hydroxylation is 1. The van der Waals surface area contributed by atoms with Crippen LogP contribution in [0, 0.1) is 27.7 Å². The second-order valence-corrected chi connectivity index (χ2v) is 9.68. The Labute approximate surface area is 211 Å². The Morgan fingerprint density at radius 3 is 2.35 bits per heavy atom. The van der Waals surface area contributed by atoms with Gasteiger partial charge >= 0.3 is 0 Å². The standard InChI is InChI=1S/C28H27ClN4S/c1-17-9-7-11-22(15-17)33-27(26(31-28(33)34)24-13-5-6-14-30-24)25-18(2)19(3)32(20(25)4)23-12-8-10-21(29)16-23/h5-16,26-27H,1-4H3,(H,31,34)/t26-,27-/m1/s1. The Bertz CT molecular complexity index is 1380. The molecule has 0 saturated carbocycles. The zero-order valence-corrected chi connectivity index (χ0v) is 21.3. The highest BCUT2D eigenvalue weighted by Crippen LogP contribution is 2.45. The van der Waals surface area contributed by atoms with Crippen molar-refractivity contribution in [3.63, 3.8) is 0 Å². The van der Waals surface area contributed by atoms with Crippen LogP contribution in [0.3, 0.4) is 0 Å². The fourth-order valence-corrected chi connectivity index (χ4v) is 5.68. The molecule has 1 N–H and O–H groups in total. The van der Waals surface area contributed by atoms with Crippen LogP contribution in [0.15, 0.2) is 72.9 Å². The first-order chi connectivity index (χ1) is 16.4. The van der Waals surface area contributed by atoms with Crippen molar-refractivity contribution in [3.05, 3.63) is 112 Å². The van der Waals surface area contributed by atoms with E-state index in [0.717, 1.165) is 22.1 Å². The van der Waals surface area contributed by atoms with Gasteiger partial charge in [0.05, 0.1) is 17.8 Å². The van der Waals surface area contributed by atoms with Gasteiger partial charge in [-0.15, -0.1) is 0 Å². The normalized spacial score (nSPS) is 17.8. The summed E-state index contributed by atoms with van der Waals surface area (Å²) in [7, 11) is 0. The summed E-state index contributed by atoms with van der Waals surface area (Å²) in [5.74, 6) is 0. The monoisotopic (exact) mass is 486 g/mol. The molecule has 1 fully saturated rings. The van der Waals surface area contributed by atoms with Gasteiger partial charge in [-0.05, 0) is 93.5 Å². The van der Waals surface area contributed by atoms with Gasteiger partial charge in [-0.25, -0.2) is 0 Å². The van der Waals surface area contributed by atoms with Crippen LogP contribution in [0.1, 0.15) is 45.9 Å². The largest absolute Gasteiger partial charge is 0.351 e. The quantitative estimate of drug-likeness (QED) is 0.317. The van der Waals surface area contributed by atoms with E-state index in [4.69, 9.17) is 28.8 Å². The van der Waals surface area contributed by atoms with E-state index in [1.165, 1.54) is 28.1 Å².